The van der Waals surface area contributed by atoms with Crippen molar-refractivity contribution in [1.82, 2.24) is 9.78 Å². The Morgan fingerprint density at radius 2 is 1.89 bits per heavy atom. The summed E-state index contributed by atoms with van der Waals surface area (Å²) < 4.78 is 15.6. The molecule has 7 heteroatoms. The van der Waals surface area contributed by atoms with Crippen molar-refractivity contribution in [1.29, 1.82) is 0 Å². The van der Waals surface area contributed by atoms with Gasteiger partial charge < -0.3 is 10.6 Å². The Bertz CT molecular complexity index is 1120. The van der Waals surface area contributed by atoms with Crippen LogP contribution in [0.25, 0.3) is 5.69 Å². The molecule has 0 unspecified atom stereocenters. The SMILES string of the molecule is Cc1ccc(N2CCc3c(C(N)=O)nn(-c4ccccc4F)c3C2=O)cc1C. The second-order valence-corrected chi connectivity index (χ2v) is 6.88. The Morgan fingerprint density at radius 3 is 2.57 bits per heavy atom. The van der Waals surface area contributed by atoms with E-state index in [0.29, 0.717) is 18.5 Å². The second kappa shape index (κ2) is 6.60. The summed E-state index contributed by atoms with van der Waals surface area (Å²) in [6, 6.07) is 11.8. The second-order valence-electron chi connectivity index (χ2n) is 6.88. The molecule has 142 valence electrons. The van der Waals surface area contributed by atoms with E-state index in [1.165, 1.54) is 16.8 Å². The Labute approximate surface area is 161 Å². The van der Waals surface area contributed by atoms with E-state index in [0.717, 1.165) is 16.8 Å². The van der Waals surface area contributed by atoms with E-state index in [4.69, 9.17) is 5.73 Å². The lowest BCUT2D eigenvalue weighted by Crippen LogP contribution is -2.39. The highest BCUT2D eigenvalue weighted by atomic mass is 19.1. The monoisotopic (exact) mass is 378 g/mol. The predicted molar refractivity (Wildman–Crippen MR) is 103 cm³/mol. The molecular formula is C21H19FN4O2. The van der Waals surface area contributed by atoms with E-state index in [1.807, 2.05) is 32.0 Å². The lowest BCUT2D eigenvalue weighted by molar-refractivity contribution is 0.0972. The van der Waals surface area contributed by atoms with Gasteiger partial charge in [0.25, 0.3) is 11.8 Å². The summed E-state index contributed by atoms with van der Waals surface area (Å²) >= 11 is 0. The van der Waals surface area contributed by atoms with Gasteiger partial charge >= 0.3 is 0 Å². The number of hydrogen-bond donors (Lipinski definition) is 1. The van der Waals surface area contributed by atoms with Gasteiger partial charge in [-0.3, -0.25) is 9.59 Å². The molecule has 0 spiro atoms. The molecule has 0 bridgehead atoms. The summed E-state index contributed by atoms with van der Waals surface area (Å²) in [7, 11) is 0. The fraction of sp³-hybridized carbons (Fsp3) is 0.190. The third-order valence-electron chi connectivity index (χ3n) is 5.13. The van der Waals surface area contributed by atoms with Crippen LogP contribution >= 0.6 is 0 Å². The van der Waals surface area contributed by atoms with Crippen LogP contribution in [0.3, 0.4) is 0 Å². The first kappa shape index (κ1) is 17.9. The number of nitrogens with two attached hydrogens (primary N) is 1. The molecule has 2 heterocycles. The zero-order chi connectivity index (χ0) is 20.0. The minimum absolute atomic E-state index is 0.00587. The predicted octanol–water partition coefficient (Wildman–Crippen LogP) is 2.93. The van der Waals surface area contributed by atoms with E-state index in [1.54, 1.807) is 17.0 Å². The molecule has 1 aromatic heterocycles. The number of primary amides is 1. The van der Waals surface area contributed by atoms with Gasteiger partial charge in [0.15, 0.2) is 5.69 Å². The van der Waals surface area contributed by atoms with Crippen LogP contribution in [0.4, 0.5) is 10.1 Å². The van der Waals surface area contributed by atoms with Crippen molar-refractivity contribution in [3.8, 4) is 5.69 Å². The Hall–Kier alpha value is -3.48. The van der Waals surface area contributed by atoms with Gasteiger partial charge in [-0.2, -0.15) is 5.10 Å². The number of anilines is 1. The van der Waals surface area contributed by atoms with Gasteiger partial charge in [-0.15, -0.1) is 0 Å². The molecular weight excluding hydrogens is 359 g/mol. The topological polar surface area (TPSA) is 81.2 Å². The van der Waals surface area contributed by atoms with E-state index in [2.05, 4.69) is 5.10 Å². The molecule has 3 aromatic rings. The maximum absolute atomic E-state index is 14.4. The Balaban J connectivity index is 1.88. The quantitative estimate of drug-likeness (QED) is 0.761. The number of benzene rings is 2. The largest absolute Gasteiger partial charge is 0.364 e. The third kappa shape index (κ3) is 2.76. The number of amides is 2. The summed E-state index contributed by atoms with van der Waals surface area (Å²) in [6.45, 7) is 4.37. The van der Waals surface area contributed by atoms with Gasteiger partial charge in [0.1, 0.15) is 17.2 Å². The van der Waals surface area contributed by atoms with Crippen molar-refractivity contribution < 1.29 is 14.0 Å². The van der Waals surface area contributed by atoms with Gasteiger partial charge in [-0.25, -0.2) is 9.07 Å². The zero-order valence-electron chi connectivity index (χ0n) is 15.6. The van der Waals surface area contributed by atoms with Gasteiger partial charge in [-0.1, -0.05) is 18.2 Å². The van der Waals surface area contributed by atoms with Crippen molar-refractivity contribution in [3.63, 3.8) is 0 Å². The molecule has 28 heavy (non-hydrogen) atoms. The van der Waals surface area contributed by atoms with Crippen molar-refractivity contribution in [3.05, 3.63) is 76.4 Å². The molecule has 2 N–H and O–H groups in total. The van der Waals surface area contributed by atoms with Crippen molar-refractivity contribution in [2.24, 2.45) is 5.73 Å². The van der Waals surface area contributed by atoms with E-state index >= 15 is 0 Å². The first-order valence-electron chi connectivity index (χ1n) is 8.94. The first-order valence-corrected chi connectivity index (χ1v) is 8.94. The summed E-state index contributed by atoms with van der Waals surface area (Å²) in [5.74, 6) is -1.62. The fourth-order valence-corrected chi connectivity index (χ4v) is 3.50. The molecule has 0 fully saturated rings. The molecule has 0 radical (unpaired) electrons. The Morgan fingerprint density at radius 1 is 1.14 bits per heavy atom. The van der Waals surface area contributed by atoms with Gasteiger partial charge in [-0.05, 0) is 55.7 Å². The van der Waals surface area contributed by atoms with Crippen LogP contribution < -0.4 is 10.6 Å². The molecule has 6 nitrogen and oxygen atoms in total. The maximum Gasteiger partial charge on any atom is 0.277 e. The number of aryl methyl sites for hydroxylation is 2. The van der Waals surface area contributed by atoms with Crippen LogP contribution in [0.15, 0.2) is 42.5 Å². The molecule has 0 saturated heterocycles. The van der Waals surface area contributed by atoms with Gasteiger partial charge in [0, 0.05) is 17.8 Å². The van der Waals surface area contributed by atoms with Gasteiger partial charge in [0.2, 0.25) is 0 Å². The standard InChI is InChI=1S/C21H19FN4O2/c1-12-7-8-14(11-13(12)2)25-10-9-15-18(20(23)27)24-26(19(15)21(25)28)17-6-4-3-5-16(17)22/h3-8,11H,9-10H2,1-2H3,(H2,23,27). The van der Waals surface area contributed by atoms with Crippen molar-refractivity contribution >= 4 is 17.5 Å². The number of carbonyl (C=O) groups excluding carboxylic acids is 2. The molecule has 1 aliphatic rings. The summed E-state index contributed by atoms with van der Waals surface area (Å²) in [4.78, 5) is 26.8. The van der Waals surface area contributed by atoms with Crippen LogP contribution in [0.5, 0.6) is 0 Å². The van der Waals surface area contributed by atoms with Gasteiger partial charge in [0.05, 0.1) is 0 Å². The summed E-state index contributed by atoms with van der Waals surface area (Å²) in [6.07, 6.45) is 0.403. The molecule has 0 aliphatic carbocycles. The maximum atomic E-state index is 14.4. The van der Waals surface area contributed by atoms with Crippen molar-refractivity contribution in [2.75, 3.05) is 11.4 Å². The van der Waals surface area contributed by atoms with Crippen LogP contribution in [-0.2, 0) is 6.42 Å². The Kier molecular flexibility index (Phi) is 4.22. The highest BCUT2D eigenvalue weighted by molar-refractivity contribution is 6.09. The lowest BCUT2D eigenvalue weighted by Gasteiger charge is -2.28. The lowest BCUT2D eigenvalue weighted by atomic mass is 10.0. The zero-order valence-corrected chi connectivity index (χ0v) is 15.6. The number of fused-ring (bicyclic) bond motifs is 1. The van der Waals surface area contributed by atoms with Crippen LogP contribution in [0, 0.1) is 19.7 Å². The number of halogens is 1. The third-order valence-corrected chi connectivity index (χ3v) is 5.13. The van der Waals surface area contributed by atoms with E-state index in [9.17, 15) is 14.0 Å². The molecule has 0 atom stereocenters. The number of para-hydroxylation sites is 1. The normalized spacial score (nSPS) is 13.5. The highest BCUT2D eigenvalue weighted by Gasteiger charge is 2.35. The minimum atomic E-state index is -0.737. The average molecular weight is 378 g/mol. The first-order chi connectivity index (χ1) is 13.4. The van der Waals surface area contributed by atoms with Crippen LogP contribution in [0.2, 0.25) is 0 Å². The summed E-state index contributed by atoms with van der Waals surface area (Å²) in [5, 5.41) is 4.19. The molecule has 1 aliphatic heterocycles. The smallest absolute Gasteiger partial charge is 0.277 e. The molecule has 4 rings (SSSR count). The summed E-state index contributed by atoms with van der Waals surface area (Å²) in [5.41, 5.74) is 9.14. The fourth-order valence-electron chi connectivity index (χ4n) is 3.50. The minimum Gasteiger partial charge on any atom is -0.364 e. The number of rotatable bonds is 3. The molecule has 2 aromatic carbocycles. The van der Waals surface area contributed by atoms with E-state index in [-0.39, 0.29) is 23.0 Å². The highest BCUT2D eigenvalue weighted by Crippen LogP contribution is 2.30. The number of hydrogen-bond acceptors (Lipinski definition) is 3. The number of carbonyl (C=O) groups is 2. The van der Waals surface area contributed by atoms with Crippen molar-refractivity contribution in [2.45, 2.75) is 20.3 Å². The van der Waals surface area contributed by atoms with E-state index < -0.39 is 11.7 Å². The number of aromatic nitrogens is 2. The average Bonchev–Trinajstić information content (AvgIpc) is 3.05. The molecule has 2 amide bonds. The number of nitrogens with zero attached hydrogens (tertiary/aromatic N) is 3. The molecule has 0 saturated carbocycles. The van der Waals surface area contributed by atoms with Crippen LogP contribution in [0.1, 0.15) is 37.7 Å². The van der Waals surface area contributed by atoms with Crippen LogP contribution in [-0.4, -0.2) is 28.1 Å².